The third kappa shape index (κ3) is 7.61. The van der Waals surface area contributed by atoms with Crippen LogP contribution in [0.4, 0.5) is 39.1 Å². The van der Waals surface area contributed by atoms with E-state index in [1.807, 2.05) is 42.4 Å². The summed E-state index contributed by atoms with van der Waals surface area (Å²) in [6, 6.07) is 12.1. The smallest absolute Gasteiger partial charge is 0.475 e. The standard InChI is InChI=1S/C36H43F2N9O2.C2HF3O2/c1-39-28-18-32(44-47-30(20-42-33(28)47)34(48)43-27-8-9-31(27)49-2)46-16-10-25-24(4-3-5-29(25)46)26-7-6-23(19-41-26)21-45-17-13-35(36(37,38)22-45)11-14-40-15-12-35;3-2(4,5)1(6)7/h3-7,18-20,27,31,39-40H,8-17,21-22H2,1-2H3,(H,43,48);(H,6,7)/t27-,31-;/m1./s1. The summed E-state index contributed by atoms with van der Waals surface area (Å²) in [5.41, 5.74) is 5.85. The Labute approximate surface area is 319 Å². The van der Waals surface area contributed by atoms with Gasteiger partial charge in [0, 0.05) is 56.2 Å². The summed E-state index contributed by atoms with van der Waals surface area (Å²) in [5, 5.41) is 21.6. The predicted molar refractivity (Wildman–Crippen MR) is 197 cm³/mol. The number of pyridine rings is 1. The highest BCUT2D eigenvalue weighted by atomic mass is 19.4. The van der Waals surface area contributed by atoms with E-state index in [2.05, 4.69) is 38.0 Å². The number of carbonyl (C=O) groups excluding carboxylic acids is 1. The lowest BCUT2D eigenvalue weighted by molar-refractivity contribution is -0.192. The van der Waals surface area contributed by atoms with E-state index in [9.17, 15) is 18.0 Å². The summed E-state index contributed by atoms with van der Waals surface area (Å²) in [5.74, 6) is -4.98. The molecule has 18 heteroatoms. The van der Waals surface area contributed by atoms with Gasteiger partial charge in [-0.25, -0.2) is 23.1 Å². The lowest BCUT2D eigenvalue weighted by Gasteiger charge is -2.49. The second-order valence-corrected chi connectivity index (χ2v) is 14.7. The molecule has 3 aliphatic heterocycles. The molecule has 1 spiro atoms. The van der Waals surface area contributed by atoms with Crippen LogP contribution in [-0.4, -0.2) is 113 Å². The van der Waals surface area contributed by atoms with Crippen LogP contribution in [-0.2, 0) is 22.5 Å². The highest BCUT2D eigenvalue weighted by molar-refractivity contribution is 5.94. The van der Waals surface area contributed by atoms with Crippen molar-refractivity contribution in [2.75, 3.05) is 57.1 Å². The highest BCUT2D eigenvalue weighted by Crippen LogP contribution is 2.50. The van der Waals surface area contributed by atoms with Crippen molar-refractivity contribution >= 4 is 34.7 Å². The number of rotatable bonds is 8. The third-order valence-electron chi connectivity index (χ3n) is 11.5. The molecule has 0 radical (unpaired) electrons. The van der Waals surface area contributed by atoms with Crippen molar-refractivity contribution < 1.29 is 41.4 Å². The molecule has 0 bridgehead atoms. The Kier molecular flexibility index (Phi) is 10.9. The van der Waals surface area contributed by atoms with Gasteiger partial charge in [0.25, 0.3) is 11.8 Å². The Balaban J connectivity index is 0.000000629. The van der Waals surface area contributed by atoms with Gasteiger partial charge in [0.2, 0.25) is 0 Å². The van der Waals surface area contributed by atoms with Crippen LogP contribution < -0.4 is 20.9 Å². The Morgan fingerprint density at radius 1 is 1.05 bits per heavy atom. The zero-order valence-electron chi connectivity index (χ0n) is 31.0. The number of carbonyl (C=O) groups is 2. The van der Waals surface area contributed by atoms with Gasteiger partial charge in [0.1, 0.15) is 0 Å². The first kappa shape index (κ1) is 39.3. The van der Waals surface area contributed by atoms with Crippen LogP contribution in [0, 0.1) is 5.41 Å². The number of aromatic nitrogens is 4. The first-order valence-corrected chi connectivity index (χ1v) is 18.6. The molecule has 4 aromatic rings. The van der Waals surface area contributed by atoms with E-state index in [0.717, 1.165) is 53.0 Å². The van der Waals surface area contributed by atoms with Gasteiger partial charge in [-0.05, 0) is 81.4 Å². The molecule has 4 N–H and O–H groups in total. The van der Waals surface area contributed by atoms with E-state index in [1.54, 1.807) is 17.8 Å². The number of carboxylic acid groups (broad SMARTS) is 1. The number of piperidine rings is 2. The molecule has 0 unspecified atom stereocenters. The fourth-order valence-corrected chi connectivity index (χ4v) is 8.17. The molecule has 2 atom stereocenters. The number of nitrogens with one attached hydrogen (secondary N) is 3. The minimum absolute atomic E-state index is 0.0233. The number of hydrogen-bond acceptors (Lipinski definition) is 10. The van der Waals surface area contributed by atoms with Crippen LogP contribution in [0.5, 0.6) is 0 Å². The second kappa shape index (κ2) is 15.5. The van der Waals surface area contributed by atoms with Crippen LogP contribution in [0.3, 0.4) is 0 Å². The van der Waals surface area contributed by atoms with Gasteiger partial charge >= 0.3 is 12.1 Å². The number of nitrogens with zero attached hydrogens (tertiary/aromatic N) is 6. The van der Waals surface area contributed by atoms with Gasteiger partial charge < -0.3 is 30.7 Å². The van der Waals surface area contributed by atoms with Gasteiger partial charge in [0.05, 0.1) is 36.3 Å². The number of benzene rings is 1. The van der Waals surface area contributed by atoms with Crippen molar-refractivity contribution in [3.63, 3.8) is 0 Å². The molecule has 3 fully saturated rings. The largest absolute Gasteiger partial charge is 0.490 e. The number of methoxy groups -OCH3 is 1. The van der Waals surface area contributed by atoms with E-state index >= 15 is 8.78 Å². The van der Waals surface area contributed by atoms with Gasteiger partial charge in [-0.15, -0.1) is 5.10 Å². The summed E-state index contributed by atoms with van der Waals surface area (Å²) >= 11 is 0. The Bertz CT molecular complexity index is 2070. The molecule has 1 amide bonds. The van der Waals surface area contributed by atoms with E-state index in [4.69, 9.17) is 24.7 Å². The topological polar surface area (TPSA) is 149 Å². The summed E-state index contributed by atoms with van der Waals surface area (Å²) < 4.78 is 69.6. The summed E-state index contributed by atoms with van der Waals surface area (Å²) in [4.78, 5) is 35.6. The molecule has 13 nitrogen and oxygen atoms in total. The van der Waals surface area contributed by atoms with Crippen LogP contribution in [0.2, 0.25) is 0 Å². The molecule has 1 aliphatic carbocycles. The molecular formula is C38H44F5N9O4. The summed E-state index contributed by atoms with van der Waals surface area (Å²) in [6.45, 7) is 2.99. The highest BCUT2D eigenvalue weighted by Gasteiger charge is 2.56. The molecule has 2 saturated heterocycles. The number of hydrogen-bond donors (Lipinski definition) is 4. The molecule has 4 aliphatic rings. The molecule has 3 aromatic heterocycles. The SMILES string of the molecule is CNc1cc(N2CCc3c(-c4ccc(CN5CCC6(CCNCC6)C(F)(F)C5)cn4)cccc32)nn2c(C(=O)N[C@@H]3CC[C@H]3OC)cnc12.O=C(O)C(F)(F)F. The second-order valence-electron chi connectivity index (χ2n) is 14.7. The van der Waals surface area contributed by atoms with Crippen LogP contribution >= 0.6 is 0 Å². The van der Waals surface area contributed by atoms with Crippen LogP contribution in [0.25, 0.3) is 16.9 Å². The number of alkyl halides is 5. The number of imidazole rings is 1. The Hall–Kier alpha value is -4.94. The minimum Gasteiger partial charge on any atom is -0.475 e. The van der Waals surface area contributed by atoms with E-state index in [0.29, 0.717) is 69.1 Å². The quantitative estimate of drug-likeness (QED) is 0.173. The number of likely N-dealkylation sites (tertiary alicyclic amines) is 1. The van der Waals surface area contributed by atoms with Gasteiger partial charge in [0.15, 0.2) is 17.2 Å². The van der Waals surface area contributed by atoms with E-state index in [1.165, 1.54) is 0 Å². The number of amides is 1. The third-order valence-corrected chi connectivity index (χ3v) is 11.5. The number of aliphatic carboxylic acids is 1. The Morgan fingerprint density at radius 2 is 1.82 bits per heavy atom. The molecule has 1 saturated carbocycles. The first-order chi connectivity index (χ1) is 26.7. The maximum atomic E-state index is 15.4. The van der Waals surface area contributed by atoms with E-state index < -0.39 is 23.5 Å². The zero-order chi connectivity index (χ0) is 39.8. The molecule has 8 rings (SSSR count). The molecule has 300 valence electrons. The summed E-state index contributed by atoms with van der Waals surface area (Å²) in [7, 11) is 3.50. The molecular weight excluding hydrogens is 741 g/mol. The van der Waals surface area contributed by atoms with Crippen molar-refractivity contribution in [2.24, 2.45) is 5.41 Å². The van der Waals surface area contributed by atoms with Gasteiger partial charge in [-0.1, -0.05) is 18.2 Å². The number of halogens is 5. The number of ether oxygens (including phenoxy) is 1. The number of carboxylic acids is 1. The fraction of sp³-hybridized carbons (Fsp3) is 0.500. The maximum Gasteiger partial charge on any atom is 0.490 e. The normalized spacial score (nSPS) is 21.5. The molecule has 6 heterocycles. The van der Waals surface area contributed by atoms with Crippen molar-refractivity contribution in [1.82, 2.24) is 35.1 Å². The number of anilines is 3. The fourth-order valence-electron chi connectivity index (χ4n) is 8.17. The first-order valence-electron chi connectivity index (χ1n) is 18.6. The van der Waals surface area contributed by atoms with Crippen molar-refractivity contribution in [1.29, 1.82) is 0 Å². The lowest BCUT2D eigenvalue weighted by Crippen LogP contribution is -2.58. The van der Waals surface area contributed by atoms with Crippen LogP contribution in [0.1, 0.15) is 53.7 Å². The monoisotopic (exact) mass is 785 g/mol. The van der Waals surface area contributed by atoms with Gasteiger partial charge in [-0.3, -0.25) is 14.7 Å². The van der Waals surface area contributed by atoms with Gasteiger partial charge in [-0.2, -0.15) is 13.2 Å². The maximum absolute atomic E-state index is 15.4. The summed E-state index contributed by atoms with van der Waals surface area (Å²) in [6.07, 6.45) is 2.55. The lowest BCUT2D eigenvalue weighted by atomic mass is 9.69. The zero-order valence-corrected chi connectivity index (χ0v) is 31.0. The average molecular weight is 786 g/mol. The van der Waals surface area contributed by atoms with Crippen molar-refractivity contribution in [3.8, 4) is 11.3 Å². The van der Waals surface area contributed by atoms with Crippen molar-refractivity contribution in [2.45, 2.75) is 69.3 Å². The average Bonchev–Trinajstić information content (AvgIpc) is 3.80. The minimum atomic E-state index is -5.08. The van der Waals surface area contributed by atoms with E-state index in [-0.39, 0.29) is 24.6 Å². The molecule has 1 aromatic carbocycles. The van der Waals surface area contributed by atoms with Crippen LogP contribution in [0.15, 0.2) is 48.8 Å². The number of fused-ring (bicyclic) bond motifs is 2. The van der Waals surface area contributed by atoms with Crippen molar-refractivity contribution in [3.05, 3.63) is 65.6 Å². The predicted octanol–water partition coefficient (Wildman–Crippen LogP) is 5.28. The Morgan fingerprint density at radius 3 is 2.45 bits per heavy atom. The molecule has 56 heavy (non-hydrogen) atoms.